The average molecular weight is 139 g/mol. The predicted octanol–water partition coefficient (Wildman–Crippen LogP) is 0.255. The summed E-state index contributed by atoms with van der Waals surface area (Å²) in [6.07, 6.45) is 0. The first kappa shape index (κ1) is 6.67. The third-order valence-electron chi connectivity index (χ3n) is 1.07. The summed E-state index contributed by atoms with van der Waals surface area (Å²) in [5, 5.41) is 0. The minimum atomic E-state index is 0.372. The smallest absolute Gasteiger partial charge is 0.129 e. The Bertz CT molecular complexity index is 216. The van der Waals surface area contributed by atoms with Crippen molar-refractivity contribution in [1.82, 2.24) is 4.98 Å². The Balaban J connectivity index is 3.06. The zero-order valence-corrected chi connectivity index (χ0v) is 5.66. The average Bonchev–Trinajstić information content (AvgIpc) is 1.85. The highest BCUT2D eigenvalue weighted by atomic mass is 16.5. The fraction of sp³-hybridized carbons (Fsp3) is 0.167. The number of aromatic nitrogens is 1. The third-order valence-corrected chi connectivity index (χ3v) is 1.07. The molecule has 10 heavy (non-hydrogen) atoms. The molecule has 0 saturated carbocycles. The molecule has 1 rings (SSSR count). The zero-order valence-electron chi connectivity index (χ0n) is 5.66. The number of anilines is 2. The highest BCUT2D eigenvalue weighted by Gasteiger charge is 1.94. The van der Waals surface area contributed by atoms with Crippen LogP contribution in [0.25, 0.3) is 0 Å². The van der Waals surface area contributed by atoms with Gasteiger partial charge in [0.05, 0.1) is 7.11 Å². The Labute approximate surface area is 58.8 Å². The number of rotatable bonds is 1. The lowest BCUT2D eigenvalue weighted by molar-refractivity contribution is 0.415. The molecule has 0 saturated heterocycles. The molecule has 4 nitrogen and oxygen atoms in total. The molecule has 1 aromatic rings. The van der Waals surface area contributed by atoms with Gasteiger partial charge in [0.2, 0.25) is 0 Å². The van der Waals surface area contributed by atoms with Gasteiger partial charge in [-0.3, -0.25) is 0 Å². The van der Waals surface area contributed by atoms with Crippen molar-refractivity contribution in [1.29, 1.82) is 0 Å². The molecular formula is C6H9N3O. The Morgan fingerprint density at radius 2 is 1.80 bits per heavy atom. The lowest BCUT2D eigenvalue weighted by Gasteiger charge is -2.00. The maximum Gasteiger partial charge on any atom is 0.129 e. The monoisotopic (exact) mass is 139 g/mol. The van der Waals surface area contributed by atoms with E-state index < -0.39 is 0 Å². The van der Waals surface area contributed by atoms with E-state index in [9.17, 15) is 0 Å². The number of nitrogen functional groups attached to an aromatic ring is 2. The fourth-order valence-electron chi connectivity index (χ4n) is 0.665. The lowest BCUT2D eigenvalue weighted by atomic mass is 10.4. The molecule has 1 aromatic heterocycles. The molecule has 0 aliphatic rings. The van der Waals surface area contributed by atoms with Crippen LogP contribution in [0.3, 0.4) is 0 Å². The summed E-state index contributed by atoms with van der Waals surface area (Å²) in [6, 6.07) is 3.22. The van der Waals surface area contributed by atoms with E-state index in [-0.39, 0.29) is 0 Å². The van der Waals surface area contributed by atoms with Crippen LogP contribution in [0.5, 0.6) is 5.75 Å². The van der Waals surface area contributed by atoms with E-state index in [1.807, 2.05) is 0 Å². The van der Waals surface area contributed by atoms with Crippen LogP contribution in [-0.4, -0.2) is 12.1 Å². The van der Waals surface area contributed by atoms with E-state index in [1.165, 1.54) is 0 Å². The van der Waals surface area contributed by atoms with Crippen LogP contribution in [0.4, 0.5) is 11.6 Å². The van der Waals surface area contributed by atoms with Crippen molar-refractivity contribution >= 4 is 11.6 Å². The fourth-order valence-corrected chi connectivity index (χ4v) is 0.665. The molecule has 4 heteroatoms. The minimum Gasteiger partial charge on any atom is -0.496 e. The molecule has 0 unspecified atom stereocenters. The van der Waals surface area contributed by atoms with Gasteiger partial charge in [0, 0.05) is 12.1 Å². The summed E-state index contributed by atoms with van der Waals surface area (Å²) >= 11 is 0. The molecule has 54 valence electrons. The van der Waals surface area contributed by atoms with Gasteiger partial charge >= 0.3 is 0 Å². The van der Waals surface area contributed by atoms with Crippen LogP contribution in [0.2, 0.25) is 0 Å². The number of ether oxygens (including phenoxy) is 1. The van der Waals surface area contributed by atoms with Gasteiger partial charge in [0.1, 0.15) is 17.4 Å². The molecular weight excluding hydrogens is 130 g/mol. The highest BCUT2D eigenvalue weighted by molar-refractivity contribution is 5.46. The molecule has 0 radical (unpaired) electrons. The van der Waals surface area contributed by atoms with Crippen molar-refractivity contribution in [2.75, 3.05) is 18.6 Å². The number of hydrogen-bond acceptors (Lipinski definition) is 4. The molecule has 0 spiro atoms. The Morgan fingerprint density at radius 3 is 2.20 bits per heavy atom. The van der Waals surface area contributed by atoms with Crippen molar-refractivity contribution < 1.29 is 4.74 Å². The number of methoxy groups -OCH3 is 1. The second-order valence-corrected chi connectivity index (χ2v) is 1.86. The molecule has 4 N–H and O–H groups in total. The van der Waals surface area contributed by atoms with Gasteiger partial charge in [0.25, 0.3) is 0 Å². The normalized spacial score (nSPS) is 9.30. The Hall–Kier alpha value is -1.45. The summed E-state index contributed by atoms with van der Waals surface area (Å²) in [5.74, 6) is 1.37. The highest BCUT2D eigenvalue weighted by Crippen LogP contribution is 2.15. The van der Waals surface area contributed by atoms with E-state index in [2.05, 4.69) is 4.98 Å². The van der Waals surface area contributed by atoms with Gasteiger partial charge < -0.3 is 16.2 Å². The molecule has 1 heterocycles. The van der Waals surface area contributed by atoms with Crippen molar-refractivity contribution in [3.05, 3.63) is 12.1 Å². The maximum atomic E-state index is 5.36. The summed E-state index contributed by atoms with van der Waals surface area (Å²) in [4.78, 5) is 3.76. The van der Waals surface area contributed by atoms with Gasteiger partial charge in [-0.15, -0.1) is 0 Å². The second kappa shape index (κ2) is 2.43. The van der Waals surface area contributed by atoms with Gasteiger partial charge in [-0.1, -0.05) is 0 Å². The molecule has 0 fully saturated rings. The SMILES string of the molecule is COc1cc(N)nc(N)c1. The van der Waals surface area contributed by atoms with Gasteiger partial charge in [-0.2, -0.15) is 0 Å². The summed E-state index contributed by atoms with van der Waals surface area (Å²) in [6.45, 7) is 0. The van der Waals surface area contributed by atoms with E-state index in [1.54, 1.807) is 19.2 Å². The number of pyridine rings is 1. The van der Waals surface area contributed by atoms with Crippen molar-refractivity contribution in [2.45, 2.75) is 0 Å². The lowest BCUT2D eigenvalue weighted by Crippen LogP contribution is -1.96. The third kappa shape index (κ3) is 1.28. The number of nitrogens with zero attached hydrogens (tertiary/aromatic N) is 1. The van der Waals surface area contributed by atoms with Gasteiger partial charge in [-0.05, 0) is 0 Å². The first-order valence-corrected chi connectivity index (χ1v) is 2.79. The van der Waals surface area contributed by atoms with Crippen LogP contribution in [0.15, 0.2) is 12.1 Å². The molecule has 0 bridgehead atoms. The Morgan fingerprint density at radius 1 is 1.30 bits per heavy atom. The molecule has 0 amide bonds. The van der Waals surface area contributed by atoms with Crippen molar-refractivity contribution in [2.24, 2.45) is 0 Å². The van der Waals surface area contributed by atoms with Crippen molar-refractivity contribution in [3.63, 3.8) is 0 Å². The molecule has 0 aliphatic carbocycles. The maximum absolute atomic E-state index is 5.36. The van der Waals surface area contributed by atoms with Crippen LogP contribution < -0.4 is 16.2 Å². The molecule has 0 aromatic carbocycles. The quantitative estimate of drug-likeness (QED) is 0.585. The topological polar surface area (TPSA) is 74.2 Å². The van der Waals surface area contributed by atoms with Crippen LogP contribution in [0, 0.1) is 0 Å². The number of hydrogen-bond donors (Lipinski definition) is 2. The minimum absolute atomic E-state index is 0.372. The first-order valence-electron chi connectivity index (χ1n) is 2.79. The van der Waals surface area contributed by atoms with E-state index in [0.717, 1.165) is 0 Å². The van der Waals surface area contributed by atoms with Crippen LogP contribution in [0.1, 0.15) is 0 Å². The molecule has 0 atom stereocenters. The molecule has 0 aliphatic heterocycles. The zero-order chi connectivity index (χ0) is 7.56. The van der Waals surface area contributed by atoms with E-state index in [0.29, 0.717) is 17.4 Å². The van der Waals surface area contributed by atoms with Gasteiger partial charge in [0.15, 0.2) is 0 Å². The van der Waals surface area contributed by atoms with E-state index >= 15 is 0 Å². The summed E-state index contributed by atoms with van der Waals surface area (Å²) in [7, 11) is 1.55. The van der Waals surface area contributed by atoms with Gasteiger partial charge in [-0.25, -0.2) is 4.98 Å². The standard InChI is InChI=1S/C6H9N3O/c1-10-4-2-5(7)9-6(8)3-4/h2-3H,1H3,(H4,7,8,9). The van der Waals surface area contributed by atoms with Crippen LogP contribution in [-0.2, 0) is 0 Å². The Kier molecular flexibility index (Phi) is 1.62. The predicted molar refractivity (Wildman–Crippen MR) is 39.6 cm³/mol. The number of nitrogens with two attached hydrogens (primary N) is 2. The second-order valence-electron chi connectivity index (χ2n) is 1.86. The van der Waals surface area contributed by atoms with E-state index in [4.69, 9.17) is 16.2 Å². The van der Waals surface area contributed by atoms with Crippen molar-refractivity contribution in [3.8, 4) is 5.75 Å². The summed E-state index contributed by atoms with van der Waals surface area (Å²) in [5.41, 5.74) is 10.7. The summed E-state index contributed by atoms with van der Waals surface area (Å²) < 4.78 is 4.88. The first-order chi connectivity index (χ1) is 4.72. The van der Waals surface area contributed by atoms with Crippen LogP contribution >= 0.6 is 0 Å². The largest absolute Gasteiger partial charge is 0.496 e.